The van der Waals surface area contributed by atoms with Crippen molar-refractivity contribution >= 4 is 23.4 Å². The molecule has 0 spiro atoms. The molecule has 126 valence electrons. The molecule has 0 aliphatic carbocycles. The number of fused-ring (bicyclic) bond motifs is 1. The number of anilines is 1. The van der Waals surface area contributed by atoms with E-state index in [4.69, 9.17) is 0 Å². The van der Waals surface area contributed by atoms with E-state index in [2.05, 4.69) is 6.92 Å². The minimum atomic E-state index is -4.40. The molecular weight excluding hydrogens is 335 g/mol. The highest BCUT2D eigenvalue weighted by Crippen LogP contribution is 2.38. The first-order valence-electron chi connectivity index (χ1n) is 7.61. The Kier molecular flexibility index (Phi) is 4.58. The average Bonchev–Trinajstić information content (AvgIpc) is 2.72. The van der Waals surface area contributed by atoms with Crippen LogP contribution in [-0.4, -0.2) is 17.7 Å². The zero-order chi connectivity index (χ0) is 17.3. The van der Waals surface area contributed by atoms with Crippen molar-refractivity contribution in [2.24, 2.45) is 0 Å². The van der Waals surface area contributed by atoms with Crippen LogP contribution in [0.4, 0.5) is 18.9 Å². The number of carbonyl (C=O) groups excluding carboxylic acids is 1. The van der Waals surface area contributed by atoms with Gasteiger partial charge in [0.1, 0.15) is 0 Å². The number of benzene rings is 2. The summed E-state index contributed by atoms with van der Waals surface area (Å²) in [6.45, 7) is 2.65. The van der Waals surface area contributed by atoms with Crippen molar-refractivity contribution < 1.29 is 18.0 Å². The minimum absolute atomic E-state index is 0.261. The van der Waals surface area contributed by atoms with Crippen LogP contribution in [0.15, 0.2) is 53.4 Å². The molecule has 1 aliphatic rings. The second-order valence-electron chi connectivity index (χ2n) is 5.72. The van der Waals surface area contributed by atoms with E-state index >= 15 is 0 Å². The fraction of sp³-hybridized carbons (Fsp3) is 0.278. The Labute approximate surface area is 142 Å². The van der Waals surface area contributed by atoms with Crippen LogP contribution < -0.4 is 4.90 Å². The third kappa shape index (κ3) is 3.43. The number of para-hydroxylation sites is 1. The number of thioether (sulfide) groups is 1. The van der Waals surface area contributed by atoms with Gasteiger partial charge in [-0.2, -0.15) is 13.2 Å². The lowest BCUT2D eigenvalue weighted by Gasteiger charge is -2.22. The topological polar surface area (TPSA) is 20.3 Å². The number of amides is 1. The standard InChI is InChI=1S/C18H16F3NOS/c1-12-10-11-22(15-4-2-3-5-16(15)24-12)17(23)13-6-8-14(9-7-13)18(19,20)21/h2-9,12H,10-11H2,1H3. The number of hydrogen-bond acceptors (Lipinski definition) is 2. The molecule has 2 nitrogen and oxygen atoms in total. The summed E-state index contributed by atoms with van der Waals surface area (Å²) in [4.78, 5) is 15.5. The van der Waals surface area contributed by atoms with Crippen molar-refractivity contribution in [3.63, 3.8) is 0 Å². The lowest BCUT2D eigenvalue weighted by atomic mass is 10.1. The van der Waals surface area contributed by atoms with E-state index in [-0.39, 0.29) is 11.5 Å². The van der Waals surface area contributed by atoms with E-state index in [1.54, 1.807) is 16.7 Å². The maximum Gasteiger partial charge on any atom is 0.416 e. The van der Waals surface area contributed by atoms with Gasteiger partial charge in [-0.1, -0.05) is 19.1 Å². The smallest absolute Gasteiger partial charge is 0.307 e. The zero-order valence-corrected chi connectivity index (χ0v) is 13.8. The largest absolute Gasteiger partial charge is 0.416 e. The van der Waals surface area contributed by atoms with Gasteiger partial charge in [-0.25, -0.2) is 0 Å². The molecule has 2 aromatic carbocycles. The molecular formula is C18H16F3NOS. The van der Waals surface area contributed by atoms with E-state index in [0.29, 0.717) is 11.8 Å². The highest BCUT2D eigenvalue weighted by atomic mass is 32.2. The molecule has 1 atom stereocenters. The Morgan fingerprint density at radius 1 is 1.12 bits per heavy atom. The molecule has 2 aromatic rings. The van der Waals surface area contributed by atoms with Gasteiger partial charge in [0.05, 0.1) is 11.3 Å². The summed E-state index contributed by atoms with van der Waals surface area (Å²) in [6, 6.07) is 12.0. The Bertz CT molecular complexity index is 743. The first-order valence-corrected chi connectivity index (χ1v) is 8.49. The maximum atomic E-state index is 12.8. The Balaban J connectivity index is 1.92. The van der Waals surface area contributed by atoms with Crippen molar-refractivity contribution in [3.8, 4) is 0 Å². The molecule has 0 fully saturated rings. The number of nitrogens with zero attached hydrogens (tertiary/aromatic N) is 1. The van der Waals surface area contributed by atoms with Gasteiger partial charge in [-0.05, 0) is 42.8 Å². The minimum Gasteiger partial charge on any atom is -0.307 e. The summed E-state index contributed by atoms with van der Waals surface area (Å²) >= 11 is 1.71. The van der Waals surface area contributed by atoms with Crippen LogP contribution in [-0.2, 0) is 6.18 Å². The van der Waals surface area contributed by atoms with Gasteiger partial charge >= 0.3 is 6.18 Å². The van der Waals surface area contributed by atoms with Crippen LogP contribution in [0, 0.1) is 0 Å². The van der Waals surface area contributed by atoms with Crippen LogP contribution >= 0.6 is 11.8 Å². The molecule has 1 unspecified atom stereocenters. The molecule has 6 heteroatoms. The molecule has 0 N–H and O–H groups in total. The predicted octanol–water partition coefficient (Wildman–Crippen LogP) is 5.24. The number of carbonyl (C=O) groups is 1. The predicted molar refractivity (Wildman–Crippen MR) is 89.5 cm³/mol. The van der Waals surface area contributed by atoms with Crippen molar-refractivity contribution in [3.05, 3.63) is 59.7 Å². The van der Waals surface area contributed by atoms with Gasteiger partial charge < -0.3 is 4.90 Å². The first-order chi connectivity index (χ1) is 11.4. The lowest BCUT2D eigenvalue weighted by Crippen LogP contribution is -2.32. The molecule has 1 amide bonds. The van der Waals surface area contributed by atoms with E-state index in [0.717, 1.165) is 29.1 Å². The van der Waals surface area contributed by atoms with Gasteiger partial charge in [-0.15, -0.1) is 11.8 Å². The molecule has 0 radical (unpaired) electrons. The van der Waals surface area contributed by atoms with E-state index < -0.39 is 11.7 Å². The zero-order valence-electron chi connectivity index (χ0n) is 13.0. The Morgan fingerprint density at radius 2 is 1.79 bits per heavy atom. The van der Waals surface area contributed by atoms with Crippen LogP contribution in [0.5, 0.6) is 0 Å². The average molecular weight is 351 g/mol. The van der Waals surface area contributed by atoms with Gasteiger partial charge in [0, 0.05) is 22.3 Å². The summed E-state index contributed by atoms with van der Waals surface area (Å²) in [6.07, 6.45) is -3.57. The summed E-state index contributed by atoms with van der Waals surface area (Å²) in [7, 11) is 0. The number of alkyl halides is 3. The maximum absolute atomic E-state index is 12.8. The van der Waals surface area contributed by atoms with Gasteiger partial charge in [0.25, 0.3) is 5.91 Å². The highest BCUT2D eigenvalue weighted by Gasteiger charge is 2.31. The molecule has 1 heterocycles. The third-order valence-electron chi connectivity index (χ3n) is 3.95. The Hall–Kier alpha value is -1.95. The molecule has 1 aliphatic heterocycles. The first kappa shape index (κ1) is 16.9. The van der Waals surface area contributed by atoms with Gasteiger partial charge in [0.15, 0.2) is 0 Å². The monoisotopic (exact) mass is 351 g/mol. The van der Waals surface area contributed by atoms with E-state index in [1.165, 1.54) is 12.1 Å². The Morgan fingerprint density at radius 3 is 2.46 bits per heavy atom. The molecule has 0 saturated carbocycles. The SMILES string of the molecule is CC1CCN(C(=O)c2ccc(C(F)(F)F)cc2)c2ccccc2S1. The molecule has 3 rings (SSSR count). The fourth-order valence-electron chi connectivity index (χ4n) is 2.66. The molecule has 0 saturated heterocycles. The number of hydrogen-bond donors (Lipinski definition) is 0. The van der Waals surface area contributed by atoms with Crippen LogP contribution in [0.3, 0.4) is 0 Å². The molecule has 0 bridgehead atoms. The highest BCUT2D eigenvalue weighted by molar-refractivity contribution is 8.00. The van der Waals surface area contributed by atoms with Gasteiger partial charge in [0.2, 0.25) is 0 Å². The van der Waals surface area contributed by atoms with Crippen molar-refractivity contribution in [2.45, 2.75) is 29.7 Å². The van der Waals surface area contributed by atoms with Crippen molar-refractivity contribution in [1.29, 1.82) is 0 Å². The third-order valence-corrected chi connectivity index (χ3v) is 5.18. The number of rotatable bonds is 1. The number of halogens is 3. The second-order valence-corrected chi connectivity index (χ2v) is 7.20. The van der Waals surface area contributed by atoms with Crippen LogP contribution in [0.2, 0.25) is 0 Å². The fourth-order valence-corrected chi connectivity index (χ4v) is 3.77. The summed E-state index contributed by atoms with van der Waals surface area (Å²) in [5.74, 6) is -0.272. The van der Waals surface area contributed by atoms with E-state index in [1.807, 2.05) is 24.3 Å². The second kappa shape index (κ2) is 6.51. The summed E-state index contributed by atoms with van der Waals surface area (Å²) in [5, 5.41) is 0.372. The quantitative estimate of drug-likeness (QED) is 0.701. The van der Waals surface area contributed by atoms with Crippen LogP contribution in [0.1, 0.15) is 29.3 Å². The van der Waals surface area contributed by atoms with Crippen molar-refractivity contribution in [1.82, 2.24) is 0 Å². The van der Waals surface area contributed by atoms with Crippen LogP contribution in [0.25, 0.3) is 0 Å². The summed E-state index contributed by atoms with van der Waals surface area (Å²) in [5.41, 5.74) is 0.327. The van der Waals surface area contributed by atoms with Crippen molar-refractivity contribution in [2.75, 3.05) is 11.4 Å². The lowest BCUT2D eigenvalue weighted by molar-refractivity contribution is -0.137. The van der Waals surface area contributed by atoms with Gasteiger partial charge in [-0.3, -0.25) is 4.79 Å². The molecule has 0 aromatic heterocycles. The normalized spacial score (nSPS) is 18.0. The summed E-state index contributed by atoms with van der Waals surface area (Å²) < 4.78 is 38.0. The molecule has 24 heavy (non-hydrogen) atoms. The van der Waals surface area contributed by atoms with E-state index in [9.17, 15) is 18.0 Å².